The van der Waals surface area contributed by atoms with E-state index in [1.54, 1.807) is 12.1 Å². The lowest BCUT2D eigenvalue weighted by Gasteiger charge is -2.09. The minimum absolute atomic E-state index is 0.129. The lowest BCUT2D eigenvalue weighted by atomic mass is 10.2. The number of hydrogen-bond donors (Lipinski definition) is 2. The smallest absolute Gasteiger partial charge is 0.241 e. The highest BCUT2D eigenvalue weighted by Crippen LogP contribution is 2.23. The van der Waals surface area contributed by atoms with Gasteiger partial charge in [0.05, 0.1) is 18.1 Å². The van der Waals surface area contributed by atoms with Crippen molar-refractivity contribution in [1.82, 2.24) is 4.72 Å². The van der Waals surface area contributed by atoms with Gasteiger partial charge in [0.25, 0.3) is 0 Å². The summed E-state index contributed by atoms with van der Waals surface area (Å²) in [4.78, 5) is 0.144. The molecule has 0 fully saturated rings. The Hall–Kier alpha value is -0.470. The van der Waals surface area contributed by atoms with Gasteiger partial charge in [0.15, 0.2) is 0 Å². The lowest BCUT2D eigenvalue weighted by Crippen LogP contribution is -2.27. The zero-order chi connectivity index (χ0) is 12.9. The van der Waals surface area contributed by atoms with E-state index < -0.39 is 10.0 Å². The molecule has 0 radical (unpaired) electrons. The van der Waals surface area contributed by atoms with Gasteiger partial charge in [0, 0.05) is 18.1 Å². The molecule has 1 aromatic rings. The molecule has 0 heterocycles. The number of sulfonamides is 1. The van der Waals surface area contributed by atoms with E-state index in [1.165, 1.54) is 13.2 Å². The zero-order valence-corrected chi connectivity index (χ0v) is 11.7. The molecule has 7 heteroatoms. The maximum Gasteiger partial charge on any atom is 0.241 e. The highest BCUT2D eigenvalue weighted by molar-refractivity contribution is 9.10. The van der Waals surface area contributed by atoms with Crippen LogP contribution in [0.15, 0.2) is 27.6 Å². The Bertz CT molecular complexity index is 475. The van der Waals surface area contributed by atoms with Crippen LogP contribution in [0.2, 0.25) is 0 Å². The molecule has 0 aromatic heterocycles. The Kier molecular flexibility index (Phi) is 5.54. The van der Waals surface area contributed by atoms with Crippen LogP contribution < -0.4 is 4.72 Å². The van der Waals surface area contributed by atoms with Crippen molar-refractivity contribution in [2.24, 2.45) is 0 Å². The molecule has 17 heavy (non-hydrogen) atoms. The largest absolute Gasteiger partial charge is 0.392 e. The van der Waals surface area contributed by atoms with Gasteiger partial charge in [-0.1, -0.05) is 6.07 Å². The van der Waals surface area contributed by atoms with Crippen molar-refractivity contribution in [3.8, 4) is 0 Å². The molecule has 0 aliphatic heterocycles. The van der Waals surface area contributed by atoms with Crippen molar-refractivity contribution in [3.05, 3.63) is 28.2 Å². The molecule has 1 aromatic carbocycles. The van der Waals surface area contributed by atoms with E-state index in [1.807, 2.05) is 0 Å². The molecular formula is C10H14BrNO4S. The van der Waals surface area contributed by atoms with Gasteiger partial charge >= 0.3 is 0 Å². The van der Waals surface area contributed by atoms with Crippen molar-refractivity contribution in [2.45, 2.75) is 11.5 Å². The van der Waals surface area contributed by atoms with E-state index in [9.17, 15) is 8.42 Å². The summed E-state index contributed by atoms with van der Waals surface area (Å²) in [6, 6.07) is 4.59. The molecule has 0 atom stereocenters. The van der Waals surface area contributed by atoms with Crippen LogP contribution in [-0.2, 0) is 21.4 Å². The molecule has 0 aliphatic rings. The summed E-state index contributed by atoms with van der Waals surface area (Å²) in [5.41, 5.74) is 0.646. The van der Waals surface area contributed by atoms with Crippen LogP contribution in [0.4, 0.5) is 0 Å². The molecule has 0 amide bonds. The normalized spacial score (nSPS) is 11.7. The van der Waals surface area contributed by atoms with Crippen LogP contribution in [0.5, 0.6) is 0 Å². The summed E-state index contributed by atoms with van der Waals surface area (Å²) >= 11 is 3.17. The van der Waals surface area contributed by atoms with Gasteiger partial charge in [-0.15, -0.1) is 0 Å². The summed E-state index contributed by atoms with van der Waals surface area (Å²) in [7, 11) is -2.05. The average molecular weight is 324 g/mol. The minimum atomic E-state index is -3.55. The number of rotatable bonds is 6. The first-order chi connectivity index (χ1) is 8.01. The third-order valence-corrected chi connectivity index (χ3v) is 4.50. The van der Waals surface area contributed by atoms with E-state index in [0.29, 0.717) is 16.6 Å². The number of aliphatic hydroxyl groups is 1. The zero-order valence-electron chi connectivity index (χ0n) is 9.31. The molecule has 2 N–H and O–H groups in total. The van der Waals surface area contributed by atoms with Gasteiger partial charge in [0.1, 0.15) is 0 Å². The number of ether oxygens (including phenoxy) is 1. The molecular weight excluding hydrogens is 310 g/mol. The van der Waals surface area contributed by atoms with E-state index >= 15 is 0 Å². The first-order valence-electron chi connectivity index (χ1n) is 4.89. The molecule has 1 rings (SSSR count). The Morgan fingerprint density at radius 2 is 2.18 bits per heavy atom. The van der Waals surface area contributed by atoms with E-state index in [0.717, 1.165) is 0 Å². The fourth-order valence-electron chi connectivity index (χ4n) is 1.22. The predicted molar refractivity (Wildman–Crippen MR) is 67.1 cm³/mol. The number of aliphatic hydroxyl groups excluding tert-OH is 1. The molecule has 0 spiro atoms. The topological polar surface area (TPSA) is 75.6 Å². The fourth-order valence-corrected chi connectivity index (χ4v) is 3.35. The average Bonchev–Trinajstić information content (AvgIpc) is 2.28. The number of hydrogen-bond acceptors (Lipinski definition) is 4. The van der Waals surface area contributed by atoms with Crippen molar-refractivity contribution >= 4 is 26.0 Å². The minimum Gasteiger partial charge on any atom is -0.392 e. The van der Waals surface area contributed by atoms with E-state index in [4.69, 9.17) is 9.84 Å². The monoisotopic (exact) mass is 323 g/mol. The van der Waals surface area contributed by atoms with Crippen molar-refractivity contribution in [1.29, 1.82) is 0 Å². The summed E-state index contributed by atoms with van der Waals surface area (Å²) in [5, 5.41) is 8.93. The summed E-state index contributed by atoms with van der Waals surface area (Å²) in [6.45, 7) is 0.397. The van der Waals surface area contributed by atoms with Crippen LogP contribution in [0.3, 0.4) is 0 Å². The molecule has 0 saturated carbocycles. The first-order valence-corrected chi connectivity index (χ1v) is 7.17. The van der Waals surface area contributed by atoms with Crippen LogP contribution in [0.1, 0.15) is 5.56 Å². The highest BCUT2D eigenvalue weighted by atomic mass is 79.9. The van der Waals surface area contributed by atoms with Crippen LogP contribution in [0, 0.1) is 0 Å². The third-order valence-electron chi connectivity index (χ3n) is 2.07. The molecule has 0 bridgehead atoms. The van der Waals surface area contributed by atoms with Gasteiger partial charge < -0.3 is 9.84 Å². The number of benzene rings is 1. The lowest BCUT2D eigenvalue weighted by molar-refractivity contribution is 0.204. The maximum absolute atomic E-state index is 11.9. The van der Waals surface area contributed by atoms with Crippen LogP contribution in [0.25, 0.3) is 0 Å². The number of nitrogens with one attached hydrogen (secondary N) is 1. The van der Waals surface area contributed by atoms with Crippen molar-refractivity contribution in [2.75, 3.05) is 20.3 Å². The second kappa shape index (κ2) is 6.46. The summed E-state index contributed by atoms with van der Waals surface area (Å²) < 4.78 is 31.3. The van der Waals surface area contributed by atoms with Crippen molar-refractivity contribution in [3.63, 3.8) is 0 Å². The second-order valence-electron chi connectivity index (χ2n) is 3.31. The Morgan fingerprint density at radius 1 is 1.47 bits per heavy atom. The van der Waals surface area contributed by atoms with Crippen LogP contribution in [-0.4, -0.2) is 33.8 Å². The van der Waals surface area contributed by atoms with Gasteiger partial charge in [-0.2, -0.15) is 0 Å². The van der Waals surface area contributed by atoms with E-state index in [2.05, 4.69) is 20.7 Å². The molecule has 96 valence electrons. The SMILES string of the molecule is COCCNS(=O)(=O)c1ccc(CO)cc1Br. The van der Waals surface area contributed by atoms with Gasteiger partial charge in [-0.3, -0.25) is 0 Å². The first kappa shape index (κ1) is 14.6. The van der Waals surface area contributed by atoms with Gasteiger partial charge in [0.2, 0.25) is 10.0 Å². The number of methoxy groups -OCH3 is 1. The second-order valence-corrected chi connectivity index (χ2v) is 5.90. The molecule has 5 nitrogen and oxygen atoms in total. The van der Waals surface area contributed by atoms with Gasteiger partial charge in [-0.05, 0) is 33.6 Å². The standard InChI is InChI=1S/C10H14BrNO4S/c1-16-5-4-12-17(14,15)10-3-2-8(7-13)6-9(10)11/h2-3,6,12-13H,4-5,7H2,1H3. The highest BCUT2D eigenvalue weighted by Gasteiger charge is 2.16. The summed E-state index contributed by atoms with van der Waals surface area (Å²) in [6.07, 6.45) is 0. The molecule has 0 saturated heterocycles. The Balaban J connectivity index is 2.91. The summed E-state index contributed by atoms with van der Waals surface area (Å²) in [5.74, 6) is 0. The van der Waals surface area contributed by atoms with E-state index in [-0.39, 0.29) is 18.0 Å². The Morgan fingerprint density at radius 3 is 2.71 bits per heavy atom. The van der Waals surface area contributed by atoms with Gasteiger partial charge in [-0.25, -0.2) is 13.1 Å². The quantitative estimate of drug-likeness (QED) is 0.761. The molecule has 0 unspecified atom stereocenters. The number of halogens is 1. The maximum atomic E-state index is 11.9. The molecule has 0 aliphatic carbocycles. The predicted octanol–water partition coefficient (Wildman–Crippen LogP) is 0.866. The third kappa shape index (κ3) is 4.04. The fraction of sp³-hybridized carbons (Fsp3) is 0.400. The van der Waals surface area contributed by atoms with Crippen molar-refractivity contribution < 1.29 is 18.3 Å². The Labute approximate surface area is 109 Å². The van der Waals surface area contributed by atoms with Crippen LogP contribution >= 0.6 is 15.9 Å².